The molecule has 2 heteroatoms. The number of hydrogen-bond acceptors (Lipinski definition) is 1. The number of nitrogens with zero attached hydrogens (tertiary/aromatic N) is 1. The van der Waals surface area contributed by atoms with Crippen LogP contribution < -0.4 is 0 Å². The molecule has 0 heterocycles. The van der Waals surface area contributed by atoms with Gasteiger partial charge in [-0.3, -0.25) is 0 Å². The van der Waals surface area contributed by atoms with E-state index < -0.39 is 0 Å². The highest BCUT2D eigenvalue weighted by Crippen LogP contribution is 2.04. The van der Waals surface area contributed by atoms with Gasteiger partial charge in [0.1, 0.15) is 0 Å². The van der Waals surface area contributed by atoms with E-state index in [0.717, 1.165) is 6.04 Å². The summed E-state index contributed by atoms with van der Waals surface area (Å²) in [6, 6.07) is 0.770. The van der Waals surface area contributed by atoms with Crippen molar-refractivity contribution >= 4 is 22.6 Å². The summed E-state index contributed by atoms with van der Waals surface area (Å²) in [6.45, 7) is 9.15. The molecule has 0 aliphatic heterocycles. The molecule has 0 aromatic heterocycles. The van der Waals surface area contributed by atoms with Crippen molar-refractivity contribution in [3.05, 3.63) is 0 Å². The molecular formula is C8H18IN. The molecule has 1 unspecified atom stereocenters. The Labute approximate surface area is 78.3 Å². The Hall–Kier alpha value is 0.690. The van der Waals surface area contributed by atoms with Gasteiger partial charge >= 0.3 is 0 Å². The summed E-state index contributed by atoms with van der Waals surface area (Å²) < 4.78 is 1.27. The molecule has 0 aliphatic rings. The van der Waals surface area contributed by atoms with Gasteiger partial charge in [-0.15, -0.1) is 0 Å². The van der Waals surface area contributed by atoms with E-state index in [0.29, 0.717) is 0 Å². The Kier molecular flexibility index (Phi) is 6.85. The van der Waals surface area contributed by atoms with Gasteiger partial charge in [0, 0.05) is 10.5 Å². The van der Waals surface area contributed by atoms with E-state index in [2.05, 4.69) is 48.3 Å². The first kappa shape index (κ1) is 10.7. The molecule has 0 aromatic carbocycles. The standard InChI is InChI=1S/C8H18IN/c1-4-10(5-2)8(3)6-7-9/h8H,4-7H2,1-3H3. The van der Waals surface area contributed by atoms with E-state index in [1.807, 2.05) is 0 Å². The highest BCUT2D eigenvalue weighted by Gasteiger charge is 2.07. The van der Waals surface area contributed by atoms with Crippen molar-refractivity contribution in [3.63, 3.8) is 0 Å². The maximum atomic E-state index is 2.50. The van der Waals surface area contributed by atoms with Crippen LogP contribution in [-0.4, -0.2) is 28.5 Å². The van der Waals surface area contributed by atoms with Crippen molar-refractivity contribution in [2.75, 3.05) is 17.5 Å². The zero-order chi connectivity index (χ0) is 7.98. The van der Waals surface area contributed by atoms with Crippen molar-refractivity contribution in [1.82, 2.24) is 4.90 Å². The minimum Gasteiger partial charge on any atom is -0.301 e. The molecule has 0 rings (SSSR count). The monoisotopic (exact) mass is 255 g/mol. The quantitative estimate of drug-likeness (QED) is 0.539. The second kappa shape index (κ2) is 6.40. The van der Waals surface area contributed by atoms with E-state index in [-0.39, 0.29) is 0 Å². The summed E-state index contributed by atoms with van der Waals surface area (Å²) >= 11 is 2.44. The minimum absolute atomic E-state index is 0.770. The highest BCUT2D eigenvalue weighted by molar-refractivity contribution is 14.1. The number of hydrogen-bond donors (Lipinski definition) is 0. The SMILES string of the molecule is CCN(CC)C(C)CCI. The fourth-order valence-electron chi connectivity index (χ4n) is 1.19. The third-order valence-electron chi connectivity index (χ3n) is 1.96. The van der Waals surface area contributed by atoms with Crippen molar-refractivity contribution in [2.45, 2.75) is 33.2 Å². The van der Waals surface area contributed by atoms with Crippen molar-refractivity contribution in [3.8, 4) is 0 Å². The summed E-state index contributed by atoms with van der Waals surface area (Å²) in [4.78, 5) is 2.50. The smallest absolute Gasteiger partial charge is 0.00739 e. The molecule has 0 radical (unpaired) electrons. The van der Waals surface area contributed by atoms with E-state index in [1.54, 1.807) is 0 Å². The molecule has 0 spiro atoms. The molecule has 0 aromatic rings. The average Bonchev–Trinajstić information content (AvgIpc) is 1.91. The van der Waals surface area contributed by atoms with Crippen LogP contribution in [0.25, 0.3) is 0 Å². The first-order chi connectivity index (χ1) is 4.76. The van der Waals surface area contributed by atoms with Crippen LogP contribution in [0.5, 0.6) is 0 Å². The third-order valence-corrected chi connectivity index (χ3v) is 2.59. The summed E-state index contributed by atoms with van der Waals surface area (Å²) in [5.74, 6) is 0. The molecule has 0 N–H and O–H groups in total. The fraction of sp³-hybridized carbons (Fsp3) is 1.00. The van der Waals surface area contributed by atoms with Crippen LogP contribution in [0.15, 0.2) is 0 Å². The largest absolute Gasteiger partial charge is 0.301 e. The predicted octanol–water partition coefficient (Wildman–Crippen LogP) is 2.54. The van der Waals surface area contributed by atoms with Crippen LogP contribution in [0.1, 0.15) is 27.2 Å². The van der Waals surface area contributed by atoms with Gasteiger partial charge in [0.15, 0.2) is 0 Å². The van der Waals surface area contributed by atoms with Crippen LogP contribution in [0, 0.1) is 0 Å². The Morgan fingerprint density at radius 3 is 2.10 bits per heavy atom. The van der Waals surface area contributed by atoms with Crippen molar-refractivity contribution in [1.29, 1.82) is 0 Å². The third kappa shape index (κ3) is 3.76. The van der Waals surface area contributed by atoms with Crippen molar-refractivity contribution in [2.24, 2.45) is 0 Å². The van der Waals surface area contributed by atoms with Crippen LogP contribution in [0.2, 0.25) is 0 Å². The van der Waals surface area contributed by atoms with Gasteiger partial charge in [-0.1, -0.05) is 36.4 Å². The first-order valence-electron chi connectivity index (χ1n) is 4.06. The Balaban J connectivity index is 3.53. The minimum atomic E-state index is 0.770. The lowest BCUT2D eigenvalue weighted by Crippen LogP contribution is -2.32. The second-order valence-electron chi connectivity index (χ2n) is 2.55. The molecule has 0 aliphatic carbocycles. The van der Waals surface area contributed by atoms with Crippen LogP contribution in [0.4, 0.5) is 0 Å². The van der Waals surface area contributed by atoms with Crippen molar-refractivity contribution < 1.29 is 0 Å². The van der Waals surface area contributed by atoms with E-state index in [9.17, 15) is 0 Å². The van der Waals surface area contributed by atoms with Crippen LogP contribution in [0.3, 0.4) is 0 Å². The van der Waals surface area contributed by atoms with Gasteiger partial charge in [-0.25, -0.2) is 0 Å². The van der Waals surface area contributed by atoms with E-state index in [4.69, 9.17) is 0 Å². The lowest BCUT2D eigenvalue weighted by atomic mass is 10.2. The number of alkyl halides is 1. The van der Waals surface area contributed by atoms with Gasteiger partial charge < -0.3 is 4.90 Å². The van der Waals surface area contributed by atoms with Gasteiger partial charge in [-0.2, -0.15) is 0 Å². The van der Waals surface area contributed by atoms with Crippen LogP contribution >= 0.6 is 22.6 Å². The molecule has 62 valence electrons. The molecule has 1 atom stereocenters. The lowest BCUT2D eigenvalue weighted by Gasteiger charge is -2.25. The highest BCUT2D eigenvalue weighted by atomic mass is 127. The second-order valence-corrected chi connectivity index (χ2v) is 3.63. The Bertz CT molecular complexity index is 71.7. The first-order valence-corrected chi connectivity index (χ1v) is 5.58. The molecule has 10 heavy (non-hydrogen) atoms. The fourth-order valence-corrected chi connectivity index (χ4v) is 2.09. The summed E-state index contributed by atoms with van der Waals surface area (Å²) in [5.41, 5.74) is 0. The van der Waals surface area contributed by atoms with E-state index >= 15 is 0 Å². The topological polar surface area (TPSA) is 3.24 Å². The Morgan fingerprint density at radius 1 is 1.30 bits per heavy atom. The van der Waals surface area contributed by atoms with Gasteiger partial charge in [0.2, 0.25) is 0 Å². The molecule has 0 amide bonds. The molecule has 0 fully saturated rings. The number of halogens is 1. The predicted molar refractivity (Wildman–Crippen MR) is 55.9 cm³/mol. The van der Waals surface area contributed by atoms with Gasteiger partial charge in [0.25, 0.3) is 0 Å². The lowest BCUT2D eigenvalue weighted by molar-refractivity contribution is 0.228. The number of rotatable bonds is 5. The molecule has 0 saturated carbocycles. The maximum Gasteiger partial charge on any atom is 0.00739 e. The van der Waals surface area contributed by atoms with Gasteiger partial charge in [-0.05, 0) is 26.4 Å². The zero-order valence-electron chi connectivity index (χ0n) is 7.23. The van der Waals surface area contributed by atoms with E-state index in [1.165, 1.54) is 23.9 Å². The molecule has 0 saturated heterocycles. The molecular weight excluding hydrogens is 237 g/mol. The summed E-state index contributed by atoms with van der Waals surface area (Å²) in [6.07, 6.45) is 1.32. The summed E-state index contributed by atoms with van der Waals surface area (Å²) in [5, 5.41) is 0. The maximum absolute atomic E-state index is 2.50. The normalized spacial score (nSPS) is 14.1. The van der Waals surface area contributed by atoms with Gasteiger partial charge in [0.05, 0.1) is 0 Å². The molecule has 0 bridgehead atoms. The summed E-state index contributed by atoms with van der Waals surface area (Å²) in [7, 11) is 0. The van der Waals surface area contributed by atoms with Crippen LogP contribution in [-0.2, 0) is 0 Å². The Morgan fingerprint density at radius 2 is 1.80 bits per heavy atom. The zero-order valence-corrected chi connectivity index (χ0v) is 9.39. The average molecular weight is 255 g/mol. The molecule has 1 nitrogen and oxygen atoms in total.